The maximum Gasteiger partial charge on any atom is 0.374 e. The number of Topliss-reactive ketones (excluding diaryl/α,β-unsaturated/α-hetero) is 2. The first kappa shape index (κ1) is 17.1. The van der Waals surface area contributed by atoms with Crippen LogP contribution >= 0.6 is 15.9 Å². The average Bonchev–Trinajstić information content (AvgIpc) is 3.07. The minimum Gasteiger partial charge on any atom is -0.461 e. The van der Waals surface area contributed by atoms with E-state index in [1.165, 1.54) is 12.3 Å². The van der Waals surface area contributed by atoms with Crippen LogP contribution in [0.25, 0.3) is 0 Å². The SMILES string of the molecule is CCOC(=O)C(=O)C[C@@H](C(=O)c1ccco1)c1ccc(Br)cc1. The van der Waals surface area contributed by atoms with E-state index in [1.54, 1.807) is 37.3 Å². The lowest BCUT2D eigenvalue weighted by Crippen LogP contribution is -2.23. The van der Waals surface area contributed by atoms with Crippen LogP contribution in [0.2, 0.25) is 0 Å². The number of benzene rings is 1. The van der Waals surface area contributed by atoms with Crippen LogP contribution < -0.4 is 0 Å². The molecule has 0 radical (unpaired) electrons. The predicted octanol–water partition coefficient (Wildman–Crippen LogP) is 3.53. The van der Waals surface area contributed by atoms with Crippen LogP contribution in [0.15, 0.2) is 51.6 Å². The summed E-state index contributed by atoms with van der Waals surface area (Å²) in [5.74, 6) is -2.67. The molecule has 2 rings (SSSR count). The first-order chi connectivity index (χ1) is 11.0. The minimum absolute atomic E-state index is 0.111. The van der Waals surface area contributed by atoms with Gasteiger partial charge in [-0.2, -0.15) is 0 Å². The van der Waals surface area contributed by atoms with Gasteiger partial charge in [-0.05, 0) is 36.8 Å². The lowest BCUT2D eigenvalue weighted by Gasteiger charge is -2.14. The van der Waals surface area contributed by atoms with Crippen molar-refractivity contribution >= 4 is 33.5 Å². The molecular weight excluding hydrogens is 364 g/mol. The number of ketones is 2. The summed E-state index contributed by atoms with van der Waals surface area (Å²) < 4.78 is 10.7. The highest BCUT2D eigenvalue weighted by Crippen LogP contribution is 2.26. The fourth-order valence-corrected chi connectivity index (χ4v) is 2.39. The summed E-state index contributed by atoms with van der Waals surface area (Å²) >= 11 is 3.32. The van der Waals surface area contributed by atoms with Crippen molar-refractivity contribution < 1.29 is 23.5 Å². The summed E-state index contributed by atoms with van der Waals surface area (Å²) in [6, 6.07) is 10.1. The summed E-state index contributed by atoms with van der Waals surface area (Å²) in [5.41, 5.74) is 0.632. The van der Waals surface area contributed by atoms with Gasteiger partial charge in [-0.3, -0.25) is 9.59 Å². The van der Waals surface area contributed by atoms with Crippen molar-refractivity contribution in [3.05, 3.63) is 58.5 Å². The number of hydrogen-bond acceptors (Lipinski definition) is 5. The van der Waals surface area contributed by atoms with E-state index >= 15 is 0 Å². The van der Waals surface area contributed by atoms with Gasteiger partial charge in [0.2, 0.25) is 11.6 Å². The van der Waals surface area contributed by atoms with Crippen molar-refractivity contribution in [2.24, 2.45) is 0 Å². The molecule has 0 spiro atoms. The van der Waals surface area contributed by atoms with Crippen molar-refractivity contribution in [2.75, 3.05) is 6.61 Å². The Kier molecular flexibility index (Phi) is 5.87. The largest absolute Gasteiger partial charge is 0.461 e. The molecule has 23 heavy (non-hydrogen) atoms. The van der Waals surface area contributed by atoms with Gasteiger partial charge in [0.25, 0.3) is 0 Å². The number of esters is 1. The lowest BCUT2D eigenvalue weighted by molar-refractivity contribution is -0.153. The Bertz CT molecular complexity index is 688. The Labute approximate surface area is 141 Å². The van der Waals surface area contributed by atoms with Crippen LogP contribution in [-0.4, -0.2) is 24.1 Å². The van der Waals surface area contributed by atoms with Gasteiger partial charge in [-0.25, -0.2) is 4.79 Å². The van der Waals surface area contributed by atoms with Crippen LogP contribution in [0, 0.1) is 0 Å². The number of carbonyl (C=O) groups is 3. The van der Waals surface area contributed by atoms with E-state index in [0.29, 0.717) is 5.56 Å². The molecule has 0 aliphatic heterocycles. The van der Waals surface area contributed by atoms with Crippen molar-refractivity contribution in [1.29, 1.82) is 0 Å². The Morgan fingerprint density at radius 3 is 2.43 bits per heavy atom. The Morgan fingerprint density at radius 2 is 1.87 bits per heavy atom. The summed E-state index contributed by atoms with van der Waals surface area (Å²) in [6.45, 7) is 1.73. The quantitative estimate of drug-likeness (QED) is 0.418. The zero-order valence-electron chi connectivity index (χ0n) is 12.5. The molecule has 5 nitrogen and oxygen atoms in total. The standard InChI is InChI=1S/C17H15BrO5/c1-2-22-17(21)14(19)10-13(11-5-7-12(18)8-6-11)16(20)15-4-3-9-23-15/h3-9,13H,2,10H2,1H3/t13-/m1/s1. The summed E-state index contributed by atoms with van der Waals surface area (Å²) in [4.78, 5) is 36.1. The van der Waals surface area contributed by atoms with Crippen molar-refractivity contribution in [3.8, 4) is 0 Å². The number of furan rings is 1. The molecule has 0 N–H and O–H groups in total. The van der Waals surface area contributed by atoms with Crippen LogP contribution in [0.5, 0.6) is 0 Å². The van der Waals surface area contributed by atoms with Crippen LogP contribution in [-0.2, 0) is 14.3 Å². The molecule has 120 valence electrons. The van der Waals surface area contributed by atoms with E-state index in [-0.39, 0.29) is 24.6 Å². The molecule has 0 aliphatic rings. The van der Waals surface area contributed by atoms with Crippen LogP contribution in [0.1, 0.15) is 35.4 Å². The van der Waals surface area contributed by atoms with E-state index < -0.39 is 17.7 Å². The predicted molar refractivity (Wildman–Crippen MR) is 86.2 cm³/mol. The highest BCUT2D eigenvalue weighted by atomic mass is 79.9. The van der Waals surface area contributed by atoms with Gasteiger partial charge in [0.05, 0.1) is 18.8 Å². The molecule has 0 amide bonds. The second kappa shape index (κ2) is 7.87. The molecule has 2 aromatic rings. The van der Waals surface area contributed by atoms with Crippen LogP contribution in [0.3, 0.4) is 0 Å². The molecule has 0 aliphatic carbocycles. The molecule has 0 unspecified atom stereocenters. The summed E-state index contributed by atoms with van der Waals surface area (Å²) in [6.07, 6.45) is 1.12. The molecule has 1 atom stereocenters. The van der Waals surface area contributed by atoms with Gasteiger partial charge in [0.15, 0.2) is 5.76 Å². The minimum atomic E-state index is -0.929. The number of carbonyl (C=O) groups excluding carboxylic acids is 3. The second-order valence-corrected chi connectivity index (χ2v) is 5.71. The highest BCUT2D eigenvalue weighted by molar-refractivity contribution is 9.10. The Morgan fingerprint density at radius 1 is 1.17 bits per heavy atom. The van der Waals surface area contributed by atoms with E-state index in [0.717, 1.165) is 4.47 Å². The monoisotopic (exact) mass is 378 g/mol. The van der Waals surface area contributed by atoms with Gasteiger partial charge in [-0.15, -0.1) is 0 Å². The van der Waals surface area contributed by atoms with Gasteiger partial charge >= 0.3 is 5.97 Å². The smallest absolute Gasteiger partial charge is 0.374 e. The number of halogens is 1. The third-order valence-corrected chi connectivity index (χ3v) is 3.77. The van der Waals surface area contributed by atoms with E-state index in [2.05, 4.69) is 15.9 Å². The summed E-state index contributed by atoms with van der Waals surface area (Å²) in [5, 5.41) is 0. The normalized spacial score (nSPS) is 11.7. The molecule has 6 heteroatoms. The van der Waals surface area contributed by atoms with Crippen molar-refractivity contribution in [1.82, 2.24) is 0 Å². The van der Waals surface area contributed by atoms with Gasteiger partial charge in [0.1, 0.15) is 0 Å². The molecule has 1 aromatic carbocycles. The molecular formula is C17H15BrO5. The molecule has 1 aromatic heterocycles. The lowest BCUT2D eigenvalue weighted by atomic mass is 9.89. The molecule has 0 saturated carbocycles. The first-order valence-corrected chi connectivity index (χ1v) is 7.85. The van der Waals surface area contributed by atoms with E-state index in [4.69, 9.17) is 9.15 Å². The van der Waals surface area contributed by atoms with E-state index in [1.807, 2.05) is 0 Å². The Balaban J connectivity index is 2.28. The molecule has 0 saturated heterocycles. The maximum absolute atomic E-state index is 12.6. The average molecular weight is 379 g/mol. The maximum atomic E-state index is 12.6. The first-order valence-electron chi connectivity index (χ1n) is 7.06. The number of hydrogen-bond donors (Lipinski definition) is 0. The zero-order valence-corrected chi connectivity index (χ0v) is 14.0. The number of ether oxygens (including phenoxy) is 1. The summed E-state index contributed by atoms with van der Waals surface area (Å²) in [7, 11) is 0. The molecule has 1 heterocycles. The van der Waals surface area contributed by atoms with Crippen LogP contribution in [0.4, 0.5) is 0 Å². The number of rotatable bonds is 7. The van der Waals surface area contributed by atoms with Gasteiger partial charge in [0, 0.05) is 10.9 Å². The fourth-order valence-electron chi connectivity index (χ4n) is 2.13. The van der Waals surface area contributed by atoms with Crippen molar-refractivity contribution in [2.45, 2.75) is 19.3 Å². The molecule has 0 bridgehead atoms. The third-order valence-electron chi connectivity index (χ3n) is 3.25. The fraction of sp³-hybridized carbons (Fsp3) is 0.235. The van der Waals surface area contributed by atoms with E-state index in [9.17, 15) is 14.4 Å². The third kappa shape index (κ3) is 4.39. The second-order valence-electron chi connectivity index (χ2n) is 4.79. The van der Waals surface area contributed by atoms with Gasteiger partial charge < -0.3 is 9.15 Å². The van der Waals surface area contributed by atoms with Crippen molar-refractivity contribution in [3.63, 3.8) is 0 Å². The highest BCUT2D eigenvalue weighted by Gasteiger charge is 2.29. The van der Waals surface area contributed by atoms with Gasteiger partial charge in [-0.1, -0.05) is 28.1 Å². The molecule has 0 fully saturated rings. The topological polar surface area (TPSA) is 73.6 Å². The zero-order chi connectivity index (χ0) is 16.8. The Hall–Kier alpha value is -2.21.